The van der Waals surface area contributed by atoms with E-state index in [9.17, 15) is 18.6 Å². The third-order valence-corrected chi connectivity index (χ3v) is 4.69. The Labute approximate surface area is 141 Å². The second-order valence-electron chi connectivity index (χ2n) is 6.34. The van der Waals surface area contributed by atoms with Crippen molar-refractivity contribution < 1.29 is 18.6 Å². The van der Waals surface area contributed by atoms with Crippen LogP contribution in [-0.4, -0.2) is 24.8 Å². The lowest BCUT2D eigenvalue weighted by Gasteiger charge is -2.19. The number of hydrogen-bond acceptors (Lipinski definition) is 5. The Balaban J connectivity index is 2.17. The first-order valence-electron chi connectivity index (χ1n) is 7.27. The van der Waals surface area contributed by atoms with Gasteiger partial charge in [-0.1, -0.05) is 39.0 Å². The first kappa shape index (κ1) is 17.8. The molecule has 0 aromatic heterocycles. The SMILES string of the molecule is CC(C)(C)c1ccc(S(=O)(=O)NN=Cc2cccc(O)c2O)cc1. The van der Waals surface area contributed by atoms with Crippen molar-refractivity contribution in [3.63, 3.8) is 0 Å². The summed E-state index contributed by atoms with van der Waals surface area (Å²) in [4.78, 5) is 2.17. The lowest BCUT2D eigenvalue weighted by Crippen LogP contribution is -2.19. The molecule has 7 heteroatoms. The topological polar surface area (TPSA) is 99.0 Å². The molecule has 0 atom stereocenters. The van der Waals surface area contributed by atoms with Crippen LogP contribution >= 0.6 is 0 Å². The van der Waals surface area contributed by atoms with Crippen LogP contribution in [0.15, 0.2) is 52.5 Å². The molecule has 2 aromatic rings. The number of para-hydroxylation sites is 1. The van der Waals surface area contributed by atoms with Gasteiger partial charge in [0.25, 0.3) is 10.0 Å². The van der Waals surface area contributed by atoms with E-state index in [1.807, 2.05) is 20.8 Å². The van der Waals surface area contributed by atoms with E-state index >= 15 is 0 Å². The number of rotatable bonds is 4. The standard InChI is InChI=1S/C17H20N2O4S/c1-17(2,3)13-7-9-14(10-8-13)24(22,23)19-18-11-12-5-4-6-15(20)16(12)21/h4-11,19-21H,1-3H3. The van der Waals surface area contributed by atoms with E-state index in [0.717, 1.165) is 11.8 Å². The van der Waals surface area contributed by atoms with Gasteiger partial charge in [-0.2, -0.15) is 13.5 Å². The summed E-state index contributed by atoms with van der Waals surface area (Å²) in [6, 6.07) is 10.9. The molecule has 2 rings (SSSR count). The van der Waals surface area contributed by atoms with E-state index in [1.54, 1.807) is 12.1 Å². The van der Waals surface area contributed by atoms with Gasteiger partial charge >= 0.3 is 0 Å². The Morgan fingerprint density at radius 1 is 1.04 bits per heavy atom. The highest BCUT2D eigenvalue weighted by Gasteiger charge is 2.17. The van der Waals surface area contributed by atoms with Gasteiger partial charge in [-0.05, 0) is 35.2 Å². The number of sulfonamides is 1. The zero-order valence-corrected chi connectivity index (χ0v) is 14.5. The Bertz CT molecular complexity index is 851. The van der Waals surface area contributed by atoms with Crippen molar-refractivity contribution in [1.29, 1.82) is 0 Å². The molecule has 2 aromatic carbocycles. The van der Waals surface area contributed by atoms with Crippen LogP contribution in [0.3, 0.4) is 0 Å². The zero-order valence-electron chi connectivity index (χ0n) is 13.7. The van der Waals surface area contributed by atoms with Gasteiger partial charge in [-0.25, -0.2) is 4.83 Å². The molecule has 0 aliphatic carbocycles. The van der Waals surface area contributed by atoms with Crippen LogP contribution in [0.5, 0.6) is 11.5 Å². The minimum atomic E-state index is -3.81. The summed E-state index contributed by atoms with van der Waals surface area (Å²) in [5.74, 6) is -0.672. The minimum absolute atomic E-state index is 0.0687. The van der Waals surface area contributed by atoms with E-state index in [0.29, 0.717) is 0 Å². The van der Waals surface area contributed by atoms with Gasteiger partial charge in [0.1, 0.15) is 0 Å². The second-order valence-corrected chi connectivity index (χ2v) is 8.00. The normalized spacial score (nSPS) is 12.5. The van der Waals surface area contributed by atoms with E-state index in [1.165, 1.54) is 30.3 Å². The van der Waals surface area contributed by atoms with Crippen LogP contribution in [0.25, 0.3) is 0 Å². The van der Waals surface area contributed by atoms with E-state index in [2.05, 4.69) is 9.93 Å². The number of aromatic hydroxyl groups is 2. The van der Waals surface area contributed by atoms with Gasteiger partial charge in [-0.3, -0.25) is 0 Å². The summed E-state index contributed by atoms with van der Waals surface area (Å²) in [7, 11) is -3.81. The second kappa shape index (κ2) is 6.52. The monoisotopic (exact) mass is 348 g/mol. The number of hydrazone groups is 1. The van der Waals surface area contributed by atoms with Crippen molar-refractivity contribution in [2.45, 2.75) is 31.1 Å². The van der Waals surface area contributed by atoms with Crippen molar-refractivity contribution in [3.05, 3.63) is 53.6 Å². The molecular weight excluding hydrogens is 328 g/mol. The first-order valence-corrected chi connectivity index (χ1v) is 8.76. The highest BCUT2D eigenvalue weighted by Crippen LogP contribution is 2.27. The summed E-state index contributed by atoms with van der Waals surface area (Å²) >= 11 is 0. The van der Waals surface area contributed by atoms with Crippen LogP contribution in [0.2, 0.25) is 0 Å². The molecule has 0 saturated heterocycles. The molecule has 24 heavy (non-hydrogen) atoms. The number of nitrogens with one attached hydrogen (secondary N) is 1. The zero-order chi connectivity index (χ0) is 18.0. The van der Waals surface area contributed by atoms with Crippen LogP contribution in [0, 0.1) is 0 Å². The number of hydrogen-bond donors (Lipinski definition) is 3. The molecule has 0 heterocycles. The summed E-state index contributed by atoms with van der Waals surface area (Å²) < 4.78 is 24.4. The van der Waals surface area contributed by atoms with Gasteiger partial charge in [0.15, 0.2) is 11.5 Å². The minimum Gasteiger partial charge on any atom is -0.504 e. The van der Waals surface area contributed by atoms with Crippen molar-refractivity contribution in [1.82, 2.24) is 4.83 Å². The average molecular weight is 348 g/mol. The van der Waals surface area contributed by atoms with Gasteiger partial charge in [-0.15, -0.1) is 0 Å². The Morgan fingerprint density at radius 2 is 1.67 bits per heavy atom. The number of phenolic OH excluding ortho intramolecular Hbond substituents is 2. The number of benzene rings is 2. The Kier molecular flexibility index (Phi) is 4.84. The Hall–Kier alpha value is -2.54. The molecule has 0 radical (unpaired) electrons. The third-order valence-electron chi connectivity index (χ3n) is 3.45. The predicted molar refractivity (Wildman–Crippen MR) is 92.8 cm³/mol. The lowest BCUT2D eigenvalue weighted by atomic mass is 9.87. The molecule has 3 N–H and O–H groups in total. The first-order chi connectivity index (χ1) is 11.1. The van der Waals surface area contributed by atoms with Gasteiger partial charge < -0.3 is 10.2 Å². The van der Waals surface area contributed by atoms with Crippen LogP contribution < -0.4 is 4.83 Å². The maximum absolute atomic E-state index is 12.2. The quantitative estimate of drug-likeness (QED) is 0.449. The van der Waals surface area contributed by atoms with Crippen LogP contribution in [-0.2, 0) is 15.4 Å². The number of phenols is 2. The summed E-state index contributed by atoms with van der Waals surface area (Å²) in [6.45, 7) is 6.13. The molecule has 0 saturated carbocycles. The maximum Gasteiger partial charge on any atom is 0.276 e. The lowest BCUT2D eigenvalue weighted by molar-refractivity contribution is 0.403. The molecule has 128 valence electrons. The molecule has 0 aliphatic rings. The molecular formula is C17H20N2O4S. The fourth-order valence-corrected chi connectivity index (χ4v) is 2.80. The molecule has 0 unspecified atom stereocenters. The molecule has 6 nitrogen and oxygen atoms in total. The van der Waals surface area contributed by atoms with Gasteiger partial charge in [0.2, 0.25) is 0 Å². The highest BCUT2D eigenvalue weighted by molar-refractivity contribution is 7.89. The summed E-state index contributed by atoms with van der Waals surface area (Å²) in [5, 5.41) is 22.6. The van der Waals surface area contributed by atoms with E-state index in [4.69, 9.17) is 0 Å². The van der Waals surface area contributed by atoms with Gasteiger partial charge in [0, 0.05) is 5.56 Å². The van der Waals surface area contributed by atoms with E-state index < -0.39 is 10.0 Å². The molecule has 0 spiro atoms. The Morgan fingerprint density at radius 3 is 2.25 bits per heavy atom. The molecule has 0 amide bonds. The molecule has 0 aliphatic heterocycles. The largest absolute Gasteiger partial charge is 0.504 e. The van der Waals surface area contributed by atoms with Crippen molar-refractivity contribution in [2.75, 3.05) is 0 Å². The predicted octanol–water partition coefficient (Wildman–Crippen LogP) is 2.71. The molecule has 0 bridgehead atoms. The number of nitrogens with zero attached hydrogens (tertiary/aromatic N) is 1. The fraction of sp³-hybridized carbons (Fsp3) is 0.235. The molecule has 0 fully saturated rings. The smallest absolute Gasteiger partial charge is 0.276 e. The highest BCUT2D eigenvalue weighted by atomic mass is 32.2. The third kappa shape index (κ3) is 4.05. The van der Waals surface area contributed by atoms with Crippen LogP contribution in [0.1, 0.15) is 31.9 Å². The van der Waals surface area contributed by atoms with Crippen molar-refractivity contribution in [3.8, 4) is 11.5 Å². The summed E-state index contributed by atoms with van der Waals surface area (Å²) in [5.41, 5.74) is 1.15. The van der Waals surface area contributed by atoms with Crippen molar-refractivity contribution >= 4 is 16.2 Å². The van der Waals surface area contributed by atoms with Crippen molar-refractivity contribution in [2.24, 2.45) is 5.10 Å². The van der Waals surface area contributed by atoms with Crippen LogP contribution in [0.4, 0.5) is 0 Å². The van der Waals surface area contributed by atoms with Gasteiger partial charge in [0.05, 0.1) is 11.1 Å². The maximum atomic E-state index is 12.2. The average Bonchev–Trinajstić information content (AvgIpc) is 2.51. The van der Waals surface area contributed by atoms with E-state index in [-0.39, 0.29) is 27.4 Å². The summed E-state index contributed by atoms with van der Waals surface area (Å²) in [6.07, 6.45) is 1.12. The fourth-order valence-electron chi connectivity index (χ4n) is 2.00.